The van der Waals surface area contributed by atoms with Crippen molar-refractivity contribution in [1.82, 2.24) is 4.90 Å². The number of methoxy groups -OCH3 is 1. The molecule has 0 aromatic carbocycles. The zero-order chi connectivity index (χ0) is 13.3. The molecule has 98 valence electrons. The summed E-state index contributed by atoms with van der Waals surface area (Å²) in [5.41, 5.74) is 0. The first-order valence-corrected chi connectivity index (χ1v) is 6.64. The molecule has 7 heteroatoms. The molecule has 6 nitrogen and oxygen atoms in total. The monoisotopic (exact) mass is 271 g/mol. The van der Waals surface area contributed by atoms with Crippen LogP contribution < -0.4 is 0 Å². The summed E-state index contributed by atoms with van der Waals surface area (Å²) >= 11 is 1.39. The minimum atomic E-state index is -0.643. The molecule has 1 aliphatic heterocycles. The molecule has 1 heterocycles. The van der Waals surface area contributed by atoms with Gasteiger partial charge in [0.15, 0.2) is 0 Å². The molecule has 1 saturated heterocycles. The molecule has 0 radical (unpaired) electrons. The zero-order valence-corrected chi connectivity index (χ0v) is 10.9. The molecule has 0 aromatic rings. The Bertz CT molecular complexity index is 433. The summed E-state index contributed by atoms with van der Waals surface area (Å²) in [6, 6.07) is 0. The number of amides is 2. The lowest BCUT2D eigenvalue weighted by molar-refractivity contribution is -0.149. The normalized spacial score (nSPS) is 26.2. The Labute approximate surface area is 108 Å². The average molecular weight is 271 g/mol. The van der Waals surface area contributed by atoms with Crippen LogP contribution in [-0.4, -0.2) is 49.4 Å². The quantitative estimate of drug-likeness (QED) is 0.701. The van der Waals surface area contributed by atoms with E-state index in [1.807, 2.05) is 6.26 Å². The predicted molar refractivity (Wildman–Crippen MR) is 63.7 cm³/mol. The van der Waals surface area contributed by atoms with E-state index in [1.54, 1.807) is 6.08 Å². The number of carbonyl (C=O) groups is 3. The molecule has 1 fully saturated rings. The van der Waals surface area contributed by atoms with Crippen LogP contribution in [-0.2, 0) is 19.1 Å². The highest BCUT2D eigenvalue weighted by molar-refractivity contribution is 8.02. The first-order chi connectivity index (χ1) is 8.60. The summed E-state index contributed by atoms with van der Waals surface area (Å²) in [5, 5.41) is 0. The van der Waals surface area contributed by atoms with Crippen LogP contribution in [0.25, 0.3) is 0 Å². The molecule has 18 heavy (non-hydrogen) atoms. The van der Waals surface area contributed by atoms with Gasteiger partial charge in [-0.25, -0.2) is 9.69 Å². The highest BCUT2D eigenvalue weighted by atomic mass is 32.2. The van der Waals surface area contributed by atoms with Crippen LogP contribution in [0, 0.1) is 11.8 Å². The van der Waals surface area contributed by atoms with Crippen LogP contribution in [0.5, 0.6) is 0 Å². The van der Waals surface area contributed by atoms with Gasteiger partial charge >= 0.3 is 12.1 Å². The number of rotatable bonds is 3. The minimum absolute atomic E-state index is 0.207. The molecule has 2 amide bonds. The predicted octanol–water partition coefficient (Wildman–Crippen LogP) is 0.631. The second kappa shape index (κ2) is 5.01. The standard InChI is InChI=1S/C11H13NO5S/c1-16-10(14)6-5-7(18-2)8(6)9(13)12-3-4-17-11(12)15/h5-6,8H,3-4H2,1-2H3/t6-,8+/m1/s1. The maximum absolute atomic E-state index is 12.2. The number of nitrogens with zero attached hydrogens (tertiary/aromatic N) is 1. The summed E-state index contributed by atoms with van der Waals surface area (Å²) in [6.45, 7) is 0.447. The molecule has 0 aromatic heterocycles. The van der Waals surface area contributed by atoms with Crippen molar-refractivity contribution in [1.29, 1.82) is 0 Å². The minimum Gasteiger partial charge on any atom is -0.469 e. The Morgan fingerprint density at radius 3 is 2.78 bits per heavy atom. The fraction of sp³-hybridized carbons (Fsp3) is 0.545. The number of thioether (sulfide) groups is 1. The second-order valence-corrected chi connectivity index (χ2v) is 4.78. The van der Waals surface area contributed by atoms with Gasteiger partial charge in [-0.2, -0.15) is 0 Å². The lowest BCUT2D eigenvalue weighted by Crippen LogP contribution is -2.45. The smallest absolute Gasteiger partial charge is 0.416 e. The molecule has 0 unspecified atom stereocenters. The number of cyclic esters (lactones) is 1. The van der Waals surface area contributed by atoms with Crippen LogP contribution in [0.2, 0.25) is 0 Å². The summed E-state index contributed by atoms with van der Waals surface area (Å²) < 4.78 is 9.36. The highest BCUT2D eigenvalue weighted by Crippen LogP contribution is 2.41. The fourth-order valence-corrected chi connectivity index (χ4v) is 2.79. The van der Waals surface area contributed by atoms with Gasteiger partial charge in [0.2, 0.25) is 5.91 Å². The third kappa shape index (κ3) is 1.98. The van der Waals surface area contributed by atoms with Gasteiger partial charge in [-0.15, -0.1) is 11.8 Å². The number of hydrogen-bond donors (Lipinski definition) is 0. The number of ether oxygens (including phenoxy) is 2. The first-order valence-electron chi connectivity index (χ1n) is 5.41. The number of carbonyl (C=O) groups excluding carboxylic acids is 3. The Morgan fingerprint density at radius 1 is 1.56 bits per heavy atom. The van der Waals surface area contributed by atoms with E-state index in [4.69, 9.17) is 4.74 Å². The Balaban J connectivity index is 2.15. The van der Waals surface area contributed by atoms with Crippen molar-refractivity contribution in [3.05, 3.63) is 11.0 Å². The third-order valence-electron chi connectivity index (χ3n) is 3.01. The third-order valence-corrected chi connectivity index (χ3v) is 3.87. The van der Waals surface area contributed by atoms with Crippen molar-refractivity contribution < 1.29 is 23.9 Å². The van der Waals surface area contributed by atoms with E-state index in [0.29, 0.717) is 0 Å². The van der Waals surface area contributed by atoms with Crippen LogP contribution in [0.4, 0.5) is 4.79 Å². The van der Waals surface area contributed by atoms with Crippen LogP contribution >= 0.6 is 11.8 Å². The molecule has 2 aliphatic rings. The molecule has 2 atom stereocenters. The maximum atomic E-state index is 12.2. The van der Waals surface area contributed by atoms with Crippen molar-refractivity contribution in [2.75, 3.05) is 26.5 Å². The summed E-state index contributed by atoms with van der Waals surface area (Å²) in [5.74, 6) is -2.06. The number of esters is 1. The fourth-order valence-electron chi connectivity index (χ4n) is 2.01. The second-order valence-electron chi connectivity index (χ2n) is 3.90. The van der Waals surface area contributed by atoms with Gasteiger partial charge in [-0.1, -0.05) is 6.08 Å². The van der Waals surface area contributed by atoms with E-state index >= 15 is 0 Å². The molecule has 2 rings (SSSR count). The largest absolute Gasteiger partial charge is 0.469 e. The molecular weight excluding hydrogens is 258 g/mol. The Kier molecular flexibility index (Phi) is 3.60. The van der Waals surface area contributed by atoms with Gasteiger partial charge < -0.3 is 9.47 Å². The van der Waals surface area contributed by atoms with Crippen molar-refractivity contribution in [3.63, 3.8) is 0 Å². The van der Waals surface area contributed by atoms with Crippen LogP contribution in [0.1, 0.15) is 0 Å². The SMILES string of the molecule is COC(=O)[C@@H]1C=C(SC)[C@H]1C(=O)N1CCOC1=O. The van der Waals surface area contributed by atoms with Crippen molar-refractivity contribution in [2.45, 2.75) is 0 Å². The topological polar surface area (TPSA) is 72.9 Å². The molecular formula is C11H13NO5S. The zero-order valence-electron chi connectivity index (χ0n) is 10.0. The van der Waals surface area contributed by atoms with Crippen molar-refractivity contribution >= 4 is 29.7 Å². The van der Waals surface area contributed by atoms with Crippen molar-refractivity contribution in [2.24, 2.45) is 11.8 Å². The van der Waals surface area contributed by atoms with Crippen molar-refractivity contribution in [3.8, 4) is 0 Å². The Morgan fingerprint density at radius 2 is 2.28 bits per heavy atom. The number of imide groups is 1. The first kappa shape index (κ1) is 12.9. The Hall–Kier alpha value is -1.50. The summed E-state index contributed by atoms with van der Waals surface area (Å²) in [6.07, 6.45) is 2.87. The summed E-state index contributed by atoms with van der Waals surface area (Å²) in [4.78, 5) is 36.9. The molecule has 0 N–H and O–H groups in total. The van der Waals surface area contributed by atoms with E-state index in [1.165, 1.54) is 18.9 Å². The van der Waals surface area contributed by atoms with Gasteiger partial charge in [0.1, 0.15) is 6.61 Å². The van der Waals surface area contributed by atoms with E-state index in [9.17, 15) is 14.4 Å². The van der Waals surface area contributed by atoms with E-state index < -0.39 is 23.9 Å². The summed E-state index contributed by atoms with van der Waals surface area (Å²) in [7, 11) is 1.28. The molecule has 0 bridgehead atoms. The van der Waals surface area contributed by atoms with E-state index in [2.05, 4.69) is 4.74 Å². The van der Waals surface area contributed by atoms with Gasteiger partial charge in [0.05, 0.1) is 25.5 Å². The molecule has 0 spiro atoms. The van der Waals surface area contributed by atoms with E-state index in [0.717, 1.165) is 9.81 Å². The van der Waals surface area contributed by atoms with Gasteiger partial charge in [-0.3, -0.25) is 9.59 Å². The van der Waals surface area contributed by atoms with Crippen LogP contribution in [0.3, 0.4) is 0 Å². The lowest BCUT2D eigenvalue weighted by Gasteiger charge is -2.33. The van der Waals surface area contributed by atoms with Gasteiger partial charge in [-0.05, 0) is 11.2 Å². The molecule has 0 saturated carbocycles. The lowest BCUT2D eigenvalue weighted by atomic mass is 9.80. The number of hydrogen-bond acceptors (Lipinski definition) is 6. The average Bonchev–Trinajstić information content (AvgIpc) is 2.74. The highest BCUT2D eigenvalue weighted by Gasteiger charge is 2.47. The van der Waals surface area contributed by atoms with Crippen LogP contribution in [0.15, 0.2) is 11.0 Å². The van der Waals surface area contributed by atoms with Gasteiger partial charge in [0.25, 0.3) is 0 Å². The van der Waals surface area contributed by atoms with E-state index in [-0.39, 0.29) is 19.1 Å². The maximum Gasteiger partial charge on any atom is 0.416 e. The van der Waals surface area contributed by atoms with Gasteiger partial charge in [0, 0.05) is 0 Å². The molecule has 1 aliphatic carbocycles.